The van der Waals surface area contributed by atoms with Crippen molar-refractivity contribution in [2.75, 3.05) is 10.7 Å². The summed E-state index contributed by atoms with van der Waals surface area (Å²) in [6.45, 7) is 0. The highest BCUT2D eigenvalue weighted by Gasteiger charge is 2.13. The highest BCUT2D eigenvalue weighted by molar-refractivity contribution is 6.30. The van der Waals surface area contributed by atoms with Gasteiger partial charge in [-0.05, 0) is 52.8 Å². The molecule has 11 nitrogen and oxygen atoms in total. The molecule has 0 aliphatic carbocycles. The molecule has 0 aliphatic rings. The molecule has 0 bridgehead atoms. The number of carbonyl (C=O) groups is 1. The molecule has 5 rings (SSSR count). The normalized spacial score (nSPS) is 11.2. The zero-order chi connectivity index (χ0) is 23.5. The first kappa shape index (κ1) is 21.1. The lowest BCUT2D eigenvalue weighted by Gasteiger charge is -2.09. The van der Waals surface area contributed by atoms with Gasteiger partial charge in [0.1, 0.15) is 11.5 Å². The molecule has 168 valence electrons. The van der Waals surface area contributed by atoms with Gasteiger partial charge in [-0.15, -0.1) is 0 Å². The maximum atomic E-state index is 11.2. The molecular weight excluding hydrogens is 462 g/mol. The number of carboxylic acid groups (broad SMARTS) is 1. The number of benzene rings is 2. The Kier molecular flexibility index (Phi) is 5.58. The summed E-state index contributed by atoms with van der Waals surface area (Å²) in [5.74, 6) is 0.517. The second kappa shape index (κ2) is 9.00. The van der Waals surface area contributed by atoms with E-state index in [9.17, 15) is 9.90 Å². The Morgan fingerprint density at radius 1 is 1.00 bits per heavy atom. The van der Waals surface area contributed by atoms with Crippen molar-refractivity contribution >= 4 is 52.4 Å². The van der Waals surface area contributed by atoms with E-state index in [1.54, 1.807) is 42.5 Å². The summed E-state index contributed by atoms with van der Waals surface area (Å²) in [6.07, 6.45) is 1.45. The third-order valence-corrected chi connectivity index (χ3v) is 4.82. The molecule has 0 unspecified atom stereocenters. The number of nitrogens with one attached hydrogen (secondary N) is 2. The molecule has 0 fully saturated rings. The van der Waals surface area contributed by atoms with Gasteiger partial charge in [-0.25, -0.2) is 14.4 Å². The standard InChI is InChI=1S/C22H14ClN7O4/c23-14-5-2-6-15(10-14)25-18-19(27-21-20(26-18)29-34-30-21)28-24-11-16-7-8-17(33-16)12-3-1-4-13(9-12)22(31)32/h1-11H,(H,31,32)(H,25,26,29)(H,27,28,30)/b24-11+. The van der Waals surface area contributed by atoms with E-state index in [1.165, 1.54) is 18.3 Å². The van der Waals surface area contributed by atoms with Gasteiger partial charge in [-0.3, -0.25) is 5.43 Å². The van der Waals surface area contributed by atoms with Gasteiger partial charge in [0.15, 0.2) is 11.6 Å². The van der Waals surface area contributed by atoms with Crippen LogP contribution in [0.15, 0.2) is 74.8 Å². The van der Waals surface area contributed by atoms with E-state index in [-0.39, 0.29) is 22.7 Å². The minimum atomic E-state index is -1.01. The fourth-order valence-electron chi connectivity index (χ4n) is 3.05. The number of anilines is 3. The van der Waals surface area contributed by atoms with Crippen LogP contribution in [0, 0.1) is 0 Å². The first-order valence-corrected chi connectivity index (χ1v) is 10.2. The molecular formula is C22H14ClN7O4. The van der Waals surface area contributed by atoms with Crippen molar-refractivity contribution in [3.8, 4) is 11.3 Å². The predicted molar refractivity (Wildman–Crippen MR) is 124 cm³/mol. The Balaban J connectivity index is 1.37. The van der Waals surface area contributed by atoms with E-state index < -0.39 is 5.97 Å². The van der Waals surface area contributed by atoms with Gasteiger partial charge in [0.25, 0.3) is 0 Å². The Labute approximate surface area is 196 Å². The third-order valence-electron chi connectivity index (χ3n) is 4.58. The molecule has 3 aromatic heterocycles. The first-order chi connectivity index (χ1) is 16.5. The Bertz CT molecular complexity index is 1530. The lowest BCUT2D eigenvalue weighted by atomic mass is 10.1. The zero-order valence-electron chi connectivity index (χ0n) is 17.1. The predicted octanol–water partition coefficient (Wildman–Crippen LogP) is 4.81. The van der Waals surface area contributed by atoms with E-state index in [1.807, 2.05) is 6.07 Å². The molecule has 0 radical (unpaired) electrons. The minimum Gasteiger partial charge on any atom is -0.478 e. The number of nitrogens with zero attached hydrogens (tertiary/aromatic N) is 5. The maximum Gasteiger partial charge on any atom is 0.335 e. The summed E-state index contributed by atoms with van der Waals surface area (Å²) in [4.78, 5) is 19.9. The molecule has 0 saturated heterocycles. The lowest BCUT2D eigenvalue weighted by molar-refractivity contribution is 0.0697. The molecule has 0 atom stereocenters. The van der Waals surface area contributed by atoms with Gasteiger partial charge < -0.3 is 14.8 Å². The number of fused-ring (bicyclic) bond motifs is 1. The van der Waals surface area contributed by atoms with E-state index in [0.29, 0.717) is 33.6 Å². The van der Waals surface area contributed by atoms with Crippen LogP contribution in [0.3, 0.4) is 0 Å². The van der Waals surface area contributed by atoms with E-state index in [2.05, 4.69) is 36.1 Å². The van der Waals surface area contributed by atoms with Gasteiger partial charge in [-0.2, -0.15) is 10.1 Å². The highest BCUT2D eigenvalue weighted by atomic mass is 35.5. The van der Waals surface area contributed by atoms with Crippen molar-refractivity contribution in [3.05, 3.63) is 77.0 Å². The summed E-state index contributed by atoms with van der Waals surface area (Å²) in [6, 6.07) is 17.0. The van der Waals surface area contributed by atoms with Gasteiger partial charge in [-0.1, -0.05) is 29.8 Å². The van der Waals surface area contributed by atoms with Crippen molar-refractivity contribution in [3.63, 3.8) is 0 Å². The van der Waals surface area contributed by atoms with Crippen molar-refractivity contribution in [1.82, 2.24) is 20.3 Å². The topological polar surface area (TPSA) is 152 Å². The average Bonchev–Trinajstić information content (AvgIpc) is 3.49. The Hall–Kier alpha value is -4.77. The lowest BCUT2D eigenvalue weighted by Crippen LogP contribution is -2.03. The van der Waals surface area contributed by atoms with Crippen LogP contribution in [0.4, 0.5) is 17.3 Å². The molecule has 5 aromatic rings. The summed E-state index contributed by atoms with van der Waals surface area (Å²) < 4.78 is 10.4. The monoisotopic (exact) mass is 475 g/mol. The molecule has 0 amide bonds. The molecule has 12 heteroatoms. The Morgan fingerprint density at radius 3 is 2.59 bits per heavy atom. The first-order valence-electron chi connectivity index (χ1n) is 9.81. The van der Waals surface area contributed by atoms with Crippen LogP contribution < -0.4 is 10.7 Å². The molecule has 0 saturated carbocycles. The number of rotatable bonds is 7. The fourth-order valence-corrected chi connectivity index (χ4v) is 3.24. The van der Waals surface area contributed by atoms with Gasteiger partial charge >= 0.3 is 5.97 Å². The zero-order valence-corrected chi connectivity index (χ0v) is 17.9. The van der Waals surface area contributed by atoms with Gasteiger partial charge in [0.05, 0.1) is 11.8 Å². The molecule has 3 N–H and O–H groups in total. The average molecular weight is 476 g/mol. The number of aromatic nitrogens is 4. The second-order valence-electron chi connectivity index (χ2n) is 6.93. The van der Waals surface area contributed by atoms with Crippen molar-refractivity contribution < 1.29 is 18.9 Å². The molecule has 34 heavy (non-hydrogen) atoms. The van der Waals surface area contributed by atoms with Gasteiger partial charge in [0, 0.05) is 16.3 Å². The number of hydrogen-bond donors (Lipinski definition) is 3. The van der Waals surface area contributed by atoms with Crippen molar-refractivity contribution in [2.24, 2.45) is 5.10 Å². The van der Waals surface area contributed by atoms with E-state index in [4.69, 9.17) is 20.6 Å². The quantitative estimate of drug-likeness (QED) is 0.221. The SMILES string of the molecule is O=C(O)c1cccc(-c2ccc(/C=N/Nc3nc4nonc4nc3Nc3cccc(Cl)c3)o2)c1. The van der Waals surface area contributed by atoms with E-state index >= 15 is 0 Å². The highest BCUT2D eigenvalue weighted by Crippen LogP contribution is 2.26. The number of aromatic carboxylic acids is 1. The van der Waals surface area contributed by atoms with Gasteiger partial charge in [0.2, 0.25) is 11.3 Å². The summed E-state index contributed by atoms with van der Waals surface area (Å²) >= 11 is 6.06. The van der Waals surface area contributed by atoms with Crippen molar-refractivity contribution in [1.29, 1.82) is 0 Å². The smallest absolute Gasteiger partial charge is 0.335 e. The Morgan fingerprint density at radius 2 is 1.79 bits per heavy atom. The van der Waals surface area contributed by atoms with Crippen LogP contribution in [0.5, 0.6) is 0 Å². The maximum absolute atomic E-state index is 11.2. The van der Waals surface area contributed by atoms with Crippen molar-refractivity contribution in [2.45, 2.75) is 0 Å². The van der Waals surface area contributed by atoms with E-state index in [0.717, 1.165) is 0 Å². The molecule has 2 aromatic carbocycles. The second-order valence-corrected chi connectivity index (χ2v) is 7.36. The number of furan rings is 1. The molecule has 3 heterocycles. The number of hydrogen-bond acceptors (Lipinski definition) is 10. The van der Waals surface area contributed by atoms with Crippen LogP contribution in [0.1, 0.15) is 16.1 Å². The number of hydrazone groups is 1. The van der Waals surface area contributed by atoms with Crippen LogP contribution in [0.25, 0.3) is 22.6 Å². The molecule has 0 aliphatic heterocycles. The summed E-state index contributed by atoms with van der Waals surface area (Å²) in [5.41, 5.74) is 4.71. The minimum absolute atomic E-state index is 0.168. The third kappa shape index (κ3) is 4.54. The summed E-state index contributed by atoms with van der Waals surface area (Å²) in [7, 11) is 0. The largest absolute Gasteiger partial charge is 0.478 e. The molecule has 0 spiro atoms. The summed E-state index contributed by atoms with van der Waals surface area (Å²) in [5, 5.41) is 24.4. The number of halogens is 1. The number of carboxylic acids is 1. The van der Waals surface area contributed by atoms with Crippen LogP contribution in [0.2, 0.25) is 5.02 Å². The fraction of sp³-hybridized carbons (Fsp3) is 0. The van der Waals surface area contributed by atoms with Crippen LogP contribution >= 0.6 is 11.6 Å². The van der Waals surface area contributed by atoms with Crippen LogP contribution in [-0.4, -0.2) is 37.6 Å². The van der Waals surface area contributed by atoms with Crippen LogP contribution in [-0.2, 0) is 0 Å².